The molecule has 0 radical (unpaired) electrons. The summed E-state index contributed by atoms with van der Waals surface area (Å²) in [6, 6.07) is 8.58. The molecule has 1 aromatic carbocycles. The number of rotatable bonds is 1. The van der Waals surface area contributed by atoms with E-state index in [2.05, 4.69) is 9.97 Å². The van der Waals surface area contributed by atoms with Gasteiger partial charge < -0.3 is 4.74 Å². The molecule has 0 aliphatic heterocycles. The van der Waals surface area contributed by atoms with E-state index in [4.69, 9.17) is 15.3 Å². The molecule has 6 nitrogen and oxygen atoms in total. The van der Waals surface area contributed by atoms with E-state index < -0.39 is 0 Å². The number of aromatic nitrogens is 2. The highest BCUT2D eigenvalue weighted by Crippen LogP contribution is 2.36. The van der Waals surface area contributed by atoms with Gasteiger partial charge in [-0.15, -0.1) is 0 Å². The molecule has 0 amide bonds. The standard InChI is InChI=1S/C14H6N4O2/c1-20-7-2-3-8-9(4-7)14(19)13-12(8)17-10(5-15)11(6-16)18-13/h2-4H,1H3. The van der Waals surface area contributed by atoms with Crippen LogP contribution >= 0.6 is 0 Å². The SMILES string of the molecule is COc1ccc2c(c1)C(=O)c1nc(C#N)c(C#N)nc1-2. The molecule has 0 unspecified atom stereocenters. The van der Waals surface area contributed by atoms with Crippen LogP contribution in [0.3, 0.4) is 0 Å². The van der Waals surface area contributed by atoms with Gasteiger partial charge in [-0.25, -0.2) is 9.97 Å². The van der Waals surface area contributed by atoms with Gasteiger partial charge in [0.25, 0.3) is 0 Å². The Morgan fingerprint density at radius 1 is 1.05 bits per heavy atom. The second kappa shape index (κ2) is 4.15. The van der Waals surface area contributed by atoms with Crippen LogP contribution in [0, 0.1) is 22.7 Å². The van der Waals surface area contributed by atoms with Crippen LogP contribution in [0.5, 0.6) is 5.75 Å². The lowest BCUT2D eigenvalue weighted by molar-refractivity contribution is 0.103. The van der Waals surface area contributed by atoms with Crippen molar-refractivity contribution in [1.29, 1.82) is 10.5 Å². The lowest BCUT2D eigenvalue weighted by Gasteiger charge is -2.02. The number of nitriles is 2. The quantitative estimate of drug-likeness (QED) is 0.657. The second-order valence-electron chi connectivity index (χ2n) is 4.08. The summed E-state index contributed by atoms with van der Waals surface area (Å²) in [4.78, 5) is 20.3. The molecule has 0 saturated heterocycles. The van der Waals surface area contributed by atoms with Crippen molar-refractivity contribution in [2.45, 2.75) is 0 Å². The van der Waals surface area contributed by atoms with Gasteiger partial charge in [-0.1, -0.05) is 0 Å². The summed E-state index contributed by atoms with van der Waals surface area (Å²) >= 11 is 0. The first-order valence-corrected chi connectivity index (χ1v) is 5.65. The summed E-state index contributed by atoms with van der Waals surface area (Å²) in [5, 5.41) is 17.9. The van der Waals surface area contributed by atoms with Crippen LogP contribution in [0.25, 0.3) is 11.3 Å². The van der Waals surface area contributed by atoms with E-state index in [0.29, 0.717) is 22.6 Å². The van der Waals surface area contributed by atoms with Gasteiger partial charge in [-0.05, 0) is 18.2 Å². The molecule has 1 aromatic heterocycles. The van der Waals surface area contributed by atoms with Gasteiger partial charge in [-0.2, -0.15) is 10.5 Å². The maximum absolute atomic E-state index is 12.3. The molecule has 0 fully saturated rings. The molecule has 0 saturated carbocycles. The van der Waals surface area contributed by atoms with Crippen LogP contribution in [0.4, 0.5) is 0 Å². The minimum absolute atomic E-state index is 0.0808. The van der Waals surface area contributed by atoms with Crippen molar-refractivity contribution in [3.63, 3.8) is 0 Å². The van der Waals surface area contributed by atoms with Crippen molar-refractivity contribution >= 4 is 5.78 Å². The first kappa shape index (κ1) is 11.8. The van der Waals surface area contributed by atoms with Crippen molar-refractivity contribution in [2.24, 2.45) is 0 Å². The number of fused-ring (bicyclic) bond motifs is 3. The summed E-state index contributed by atoms with van der Waals surface area (Å²) in [6.45, 7) is 0. The Kier molecular flexibility index (Phi) is 2.45. The Labute approximate surface area is 113 Å². The predicted octanol–water partition coefficient (Wildman–Crippen LogP) is 1.44. The molecule has 1 aliphatic rings. The van der Waals surface area contributed by atoms with Crippen molar-refractivity contribution in [2.75, 3.05) is 7.11 Å². The van der Waals surface area contributed by atoms with Crippen LogP contribution in [0.2, 0.25) is 0 Å². The Balaban J connectivity index is 2.30. The number of hydrogen-bond donors (Lipinski definition) is 0. The van der Waals surface area contributed by atoms with Gasteiger partial charge in [0.2, 0.25) is 5.78 Å². The molecule has 0 bridgehead atoms. The van der Waals surface area contributed by atoms with E-state index in [1.807, 2.05) is 6.07 Å². The van der Waals surface area contributed by atoms with Crippen molar-refractivity contribution in [3.8, 4) is 29.1 Å². The van der Waals surface area contributed by atoms with E-state index in [0.717, 1.165) is 0 Å². The van der Waals surface area contributed by atoms with Gasteiger partial charge in [-0.3, -0.25) is 4.79 Å². The zero-order valence-corrected chi connectivity index (χ0v) is 10.3. The number of carbonyl (C=O) groups is 1. The van der Waals surface area contributed by atoms with Crippen LogP contribution < -0.4 is 4.74 Å². The largest absolute Gasteiger partial charge is 0.497 e. The second-order valence-corrected chi connectivity index (χ2v) is 4.08. The summed E-state index contributed by atoms with van der Waals surface area (Å²) < 4.78 is 5.08. The maximum Gasteiger partial charge on any atom is 0.214 e. The predicted molar refractivity (Wildman–Crippen MR) is 66.9 cm³/mol. The zero-order chi connectivity index (χ0) is 14.3. The Hall–Kier alpha value is -3.25. The third-order valence-corrected chi connectivity index (χ3v) is 3.05. The first-order valence-electron chi connectivity index (χ1n) is 5.65. The molecule has 1 heterocycles. The normalized spacial score (nSPS) is 11.2. The number of carbonyl (C=O) groups excluding carboxylic acids is 1. The van der Waals surface area contributed by atoms with E-state index in [1.54, 1.807) is 24.3 Å². The number of benzene rings is 1. The molecule has 0 spiro atoms. The highest BCUT2D eigenvalue weighted by atomic mass is 16.5. The Bertz CT molecular complexity index is 843. The number of hydrogen-bond acceptors (Lipinski definition) is 6. The summed E-state index contributed by atoms with van der Waals surface area (Å²) in [5.74, 6) is 0.230. The van der Waals surface area contributed by atoms with E-state index in [9.17, 15) is 4.79 Å². The molecule has 20 heavy (non-hydrogen) atoms. The average molecular weight is 262 g/mol. The molecular weight excluding hydrogens is 256 g/mol. The topological polar surface area (TPSA) is 99.7 Å². The molecule has 6 heteroatoms. The van der Waals surface area contributed by atoms with Gasteiger partial charge in [0, 0.05) is 11.1 Å². The van der Waals surface area contributed by atoms with Gasteiger partial charge in [0.15, 0.2) is 11.4 Å². The molecule has 0 N–H and O–H groups in total. The van der Waals surface area contributed by atoms with Gasteiger partial charge in [0.05, 0.1) is 7.11 Å². The molecular formula is C14H6N4O2. The number of ether oxygens (including phenoxy) is 1. The molecule has 0 atom stereocenters. The Morgan fingerprint density at radius 3 is 2.30 bits per heavy atom. The fraction of sp³-hybridized carbons (Fsp3) is 0.0714. The molecule has 94 valence electrons. The molecule has 1 aliphatic carbocycles. The van der Waals surface area contributed by atoms with E-state index >= 15 is 0 Å². The fourth-order valence-corrected chi connectivity index (χ4v) is 2.11. The highest BCUT2D eigenvalue weighted by molar-refractivity contribution is 6.20. The fourth-order valence-electron chi connectivity index (χ4n) is 2.11. The third-order valence-electron chi connectivity index (χ3n) is 3.05. The van der Waals surface area contributed by atoms with Crippen LogP contribution in [0.15, 0.2) is 18.2 Å². The number of methoxy groups -OCH3 is 1. The van der Waals surface area contributed by atoms with Crippen LogP contribution in [-0.4, -0.2) is 22.9 Å². The zero-order valence-electron chi connectivity index (χ0n) is 10.3. The minimum Gasteiger partial charge on any atom is -0.497 e. The third kappa shape index (κ3) is 1.46. The minimum atomic E-state index is -0.317. The lowest BCUT2D eigenvalue weighted by atomic mass is 10.1. The van der Waals surface area contributed by atoms with Gasteiger partial charge in [0.1, 0.15) is 29.3 Å². The average Bonchev–Trinajstić information content (AvgIpc) is 2.77. The summed E-state index contributed by atoms with van der Waals surface area (Å²) in [7, 11) is 1.51. The maximum atomic E-state index is 12.3. The van der Waals surface area contributed by atoms with Crippen molar-refractivity contribution in [3.05, 3.63) is 40.8 Å². The number of ketones is 1. The van der Waals surface area contributed by atoms with E-state index in [-0.39, 0.29) is 22.9 Å². The molecule has 2 aromatic rings. The summed E-state index contributed by atoms with van der Waals surface area (Å²) in [5.41, 5.74) is 1.23. The Morgan fingerprint density at radius 2 is 1.70 bits per heavy atom. The smallest absolute Gasteiger partial charge is 0.214 e. The highest BCUT2D eigenvalue weighted by Gasteiger charge is 2.31. The van der Waals surface area contributed by atoms with Gasteiger partial charge >= 0.3 is 0 Å². The van der Waals surface area contributed by atoms with Crippen molar-refractivity contribution in [1.82, 2.24) is 9.97 Å². The van der Waals surface area contributed by atoms with E-state index in [1.165, 1.54) is 7.11 Å². The summed E-state index contributed by atoms with van der Waals surface area (Å²) in [6.07, 6.45) is 0. The van der Waals surface area contributed by atoms with Crippen LogP contribution in [0.1, 0.15) is 27.4 Å². The number of nitrogens with zero attached hydrogens (tertiary/aromatic N) is 4. The van der Waals surface area contributed by atoms with Crippen LogP contribution in [-0.2, 0) is 0 Å². The monoisotopic (exact) mass is 262 g/mol. The lowest BCUT2D eigenvalue weighted by Crippen LogP contribution is -2.04. The molecule has 3 rings (SSSR count). The van der Waals surface area contributed by atoms with Crippen molar-refractivity contribution < 1.29 is 9.53 Å². The first-order chi connectivity index (χ1) is 9.69.